The van der Waals surface area contributed by atoms with Gasteiger partial charge in [-0.25, -0.2) is 0 Å². The maximum atomic E-state index is 9.10. The predicted octanol–water partition coefficient (Wildman–Crippen LogP) is 3.44. The molecule has 2 N–H and O–H groups in total. The largest absolute Gasteiger partial charge is 0.387 e. The first kappa shape index (κ1) is 16.2. The molecule has 1 aromatic heterocycles. The molecule has 1 aromatic rings. The Hall–Kier alpha value is -1.19. The average molecular weight is 289 g/mol. The first-order valence-electron chi connectivity index (χ1n) is 7.67. The molecule has 2 aliphatic rings. The van der Waals surface area contributed by atoms with Crippen LogP contribution in [0.4, 0.5) is 0 Å². The molecule has 2 aliphatic carbocycles. The summed E-state index contributed by atoms with van der Waals surface area (Å²) in [6.45, 7) is 8.41. The average Bonchev–Trinajstić information content (AvgIpc) is 3.06. The van der Waals surface area contributed by atoms with Crippen LogP contribution in [0.3, 0.4) is 0 Å². The second kappa shape index (κ2) is 5.54. The number of nitrogens with zero attached hydrogens (tertiary/aromatic N) is 1. The Labute approximate surface area is 127 Å². The maximum Gasteiger partial charge on any atom is 0.0872 e. The van der Waals surface area contributed by atoms with Gasteiger partial charge in [0, 0.05) is 12.1 Å². The van der Waals surface area contributed by atoms with Gasteiger partial charge in [-0.05, 0) is 70.6 Å². The SMILES string of the molecule is CC(C)(O)C(C)(C)O.Cc1cnc2c(c1)C=CCC1CC21. The third-order valence-corrected chi connectivity index (χ3v) is 4.59. The van der Waals surface area contributed by atoms with Crippen molar-refractivity contribution >= 4 is 6.08 Å². The lowest BCUT2D eigenvalue weighted by molar-refractivity contribution is -0.107. The summed E-state index contributed by atoms with van der Waals surface area (Å²) >= 11 is 0. The lowest BCUT2D eigenvalue weighted by Crippen LogP contribution is -2.44. The van der Waals surface area contributed by atoms with Crippen LogP contribution in [0.2, 0.25) is 0 Å². The first-order chi connectivity index (χ1) is 9.59. The molecular formula is C18H27NO2. The van der Waals surface area contributed by atoms with Crippen LogP contribution in [0.15, 0.2) is 18.3 Å². The predicted molar refractivity (Wildman–Crippen MR) is 86.1 cm³/mol. The number of fused-ring (bicyclic) bond motifs is 3. The second-order valence-corrected chi connectivity index (χ2v) is 7.35. The van der Waals surface area contributed by atoms with Crippen molar-refractivity contribution in [1.29, 1.82) is 0 Å². The topological polar surface area (TPSA) is 53.4 Å². The number of pyridine rings is 1. The minimum absolute atomic E-state index is 0.769. The summed E-state index contributed by atoms with van der Waals surface area (Å²) in [5.74, 6) is 1.67. The van der Waals surface area contributed by atoms with Crippen LogP contribution in [0, 0.1) is 12.8 Å². The van der Waals surface area contributed by atoms with E-state index in [2.05, 4.69) is 30.1 Å². The van der Waals surface area contributed by atoms with Crippen LogP contribution < -0.4 is 0 Å². The number of aryl methyl sites for hydroxylation is 1. The Morgan fingerprint density at radius 2 is 1.76 bits per heavy atom. The van der Waals surface area contributed by atoms with Gasteiger partial charge in [0.25, 0.3) is 0 Å². The molecule has 2 unspecified atom stereocenters. The number of hydrogen-bond acceptors (Lipinski definition) is 3. The summed E-state index contributed by atoms with van der Waals surface area (Å²) in [6.07, 6.45) is 9.14. The van der Waals surface area contributed by atoms with Gasteiger partial charge < -0.3 is 10.2 Å². The Morgan fingerprint density at radius 3 is 2.33 bits per heavy atom. The van der Waals surface area contributed by atoms with E-state index >= 15 is 0 Å². The normalized spacial score (nSPS) is 23.4. The van der Waals surface area contributed by atoms with Crippen molar-refractivity contribution in [2.24, 2.45) is 5.92 Å². The van der Waals surface area contributed by atoms with Gasteiger partial charge in [0.2, 0.25) is 0 Å². The molecule has 21 heavy (non-hydrogen) atoms. The quantitative estimate of drug-likeness (QED) is 0.832. The molecule has 0 aliphatic heterocycles. The first-order valence-corrected chi connectivity index (χ1v) is 7.67. The zero-order valence-corrected chi connectivity index (χ0v) is 13.7. The number of rotatable bonds is 1. The van der Waals surface area contributed by atoms with Gasteiger partial charge in [0.05, 0.1) is 16.9 Å². The molecule has 3 rings (SSSR count). The molecule has 3 nitrogen and oxygen atoms in total. The van der Waals surface area contributed by atoms with Crippen LogP contribution in [0.5, 0.6) is 0 Å². The smallest absolute Gasteiger partial charge is 0.0872 e. The van der Waals surface area contributed by atoms with Gasteiger partial charge in [-0.15, -0.1) is 0 Å². The number of hydrogen-bond donors (Lipinski definition) is 2. The molecule has 0 saturated heterocycles. The van der Waals surface area contributed by atoms with Gasteiger partial charge in [-0.3, -0.25) is 4.98 Å². The van der Waals surface area contributed by atoms with E-state index in [-0.39, 0.29) is 0 Å². The zero-order chi connectivity index (χ0) is 15.8. The third kappa shape index (κ3) is 3.92. The molecule has 1 fully saturated rings. The minimum Gasteiger partial charge on any atom is -0.387 e. The highest BCUT2D eigenvalue weighted by Crippen LogP contribution is 2.51. The van der Waals surface area contributed by atoms with Crippen molar-refractivity contribution in [3.05, 3.63) is 35.2 Å². The molecule has 0 amide bonds. The highest BCUT2D eigenvalue weighted by Gasteiger charge is 2.40. The monoisotopic (exact) mass is 289 g/mol. The Kier molecular flexibility index (Phi) is 4.27. The summed E-state index contributed by atoms with van der Waals surface area (Å²) in [7, 11) is 0. The van der Waals surface area contributed by atoms with Gasteiger partial charge in [-0.2, -0.15) is 0 Å². The Morgan fingerprint density at radius 1 is 1.14 bits per heavy atom. The fourth-order valence-electron chi connectivity index (χ4n) is 2.26. The van der Waals surface area contributed by atoms with Crippen LogP contribution in [-0.2, 0) is 0 Å². The summed E-state index contributed by atoms with van der Waals surface area (Å²) in [5.41, 5.74) is 1.94. The van der Waals surface area contributed by atoms with Gasteiger partial charge >= 0.3 is 0 Å². The fourth-order valence-corrected chi connectivity index (χ4v) is 2.26. The second-order valence-electron chi connectivity index (χ2n) is 7.35. The van der Waals surface area contributed by atoms with Crippen molar-refractivity contribution in [3.63, 3.8) is 0 Å². The van der Waals surface area contributed by atoms with Crippen LogP contribution in [0.1, 0.15) is 63.3 Å². The molecule has 2 atom stereocenters. The lowest BCUT2D eigenvalue weighted by Gasteiger charge is -2.31. The van der Waals surface area contributed by atoms with E-state index in [0.29, 0.717) is 0 Å². The van der Waals surface area contributed by atoms with Crippen molar-refractivity contribution in [3.8, 4) is 0 Å². The molecule has 1 heterocycles. The van der Waals surface area contributed by atoms with E-state index < -0.39 is 11.2 Å². The van der Waals surface area contributed by atoms with Crippen molar-refractivity contribution in [2.75, 3.05) is 0 Å². The molecule has 0 spiro atoms. The highest BCUT2D eigenvalue weighted by molar-refractivity contribution is 5.56. The van der Waals surface area contributed by atoms with E-state index in [9.17, 15) is 0 Å². The van der Waals surface area contributed by atoms with Gasteiger partial charge in [0.15, 0.2) is 0 Å². The van der Waals surface area contributed by atoms with Gasteiger partial charge in [-0.1, -0.05) is 12.2 Å². The summed E-state index contributed by atoms with van der Waals surface area (Å²) < 4.78 is 0. The summed E-state index contributed by atoms with van der Waals surface area (Å²) in [5, 5.41) is 18.2. The minimum atomic E-state index is -1.01. The van der Waals surface area contributed by atoms with Crippen molar-refractivity contribution in [1.82, 2.24) is 4.98 Å². The number of aliphatic hydroxyl groups is 2. The molecule has 1 saturated carbocycles. The van der Waals surface area contributed by atoms with Crippen LogP contribution in [-0.4, -0.2) is 26.4 Å². The number of allylic oxidation sites excluding steroid dienone is 1. The molecule has 0 bridgehead atoms. The summed E-state index contributed by atoms with van der Waals surface area (Å²) in [4.78, 5) is 4.55. The van der Waals surface area contributed by atoms with E-state index in [4.69, 9.17) is 10.2 Å². The van der Waals surface area contributed by atoms with Crippen molar-refractivity contribution in [2.45, 2.75) is 64.6 Å². The lowest BCUT2D eigenvalue weighted by atomic mass is 9.90. The van der Waals surface area contributed by atoms with E-state index in [1.165, 1.54) is 29.7 Å². The third-order valence-electron chi connectivity index (χ3n) is 4.59. The Bertz CT molecular complexity index is 523. The van der Waals surface area contributed by atoms with Crippen LogP contribution in [0.25, 0.3) is 6.08 Å². The van der Waals surface area contributed by atoms with E-state index in [0.717, 1.165) is 11.8 Å². The molecule has 0 radical (unpaired) electrons. The molecule has 0 aromatic carbocycles. The molecular weight excluding hydrogens is 262 g/mol. The molecule has 3 heteroatoms. The fraction of sp³-hybridized carbons (Fsp3) is 0.611. The highest BCUT2D eigenvalue weighted by atomic mass is 16.3. The van der Waals surface area contributed by atoms with E-state index in [1.807, 2.05) is 6.20 Å². The molecule has 116 valence electrons. The van der Waals surface area contributed by atoms with E-state index in [1.54, 1.807) is 27.7 Å². The van der Waals surface area contributed by atoms with Gasteiger partial charge in [0.1, 0.15) is 0 Å². The zero-order valence-electron chi connectivity index (χ0n) is 13.7. The van der Waals surface area contributed by atoms with Crippen molar-refractivity contribution < 1.29 is 10.2 Å². The standard InChI is InChI=1S/C12H13N.C6H14O2/c1-8-5-10-4-2-3-9-6-11(9)12(10)13-7-8;1-5(2,7)6(3,4)8/h2,4-5,7,9,11H,3,6H2,1H3;7-8H,1-4H3. The number of aromatic nitrogens is 1. The maximum absolute atomic E-state index is 9.10. The Balaban J connectivity index is 0.000000177. The van der Waals surface area contributed by atoms with Crippen LogP contribution >= 0.6 is 0 Å². The summed E-state index contributed by atoms with van der Waals surface area (Å²) in [6, 6.07) is 2.25.